The van der Waals surface area contributed by atoms with E-state index in [0.717, 1.165) is 53.3 Å². The monoisotopic (exact) mass is 464 g/mol. The molecule has 1 aliphatic rings. The summed E-state index contributed by atoms with van der Waals surface area (Å²) in [5, 5.41) is 15.7. The molecule has 0 aliphatic carbocycles. The Bertz CT molecular complexity index is 1210. The molecule has 0 atom stereocenters. The molecule has 4 heterocycles. The molecule has 2 N–H and O–H groups in total. The first-order chi connectivity index (χ1) is 15.7. The van der Waals surface area contributed by atoms with E-state index in [0.29, 0.717) is 11.7 Å². The molecule has 1 aromatic carbocycles. The first-order valence-electron chi connectivity index (χ1n) is 11.1. The van der Waals surface area contributed by atoms with Crippen LogP contribution in [0, 0.1) is 5.92 Å². The van der Waals surface area contributed by atoms with Gasteiger partial charge in [-0.2, -0.15) is 10.2 Å². The van der Waals surface area contributed by atoms with Gasteiger partial charge in [0.1, 0.15) is 5.82 Å². The summed E-state index contributed by atoms with van der Waals surface area (Å²) in [5.41, 5.74) is 5.13. The molecular formula is C24H29ClN8. The summed E-state index contributed by atoms with van der Waals surface area (Å²) >= 11 is 0. The van der Waals surface area contributed by atoms with E-state index >= 15 is 0 Å². The molecule has 0 radical (unpaired) electrons. The van der Waals surface area contributed by atoms with Gasteiger partial charge in [-0.15, -0.1) is 12.4 Å². The Morgan fingerprint density at radius 3 is 2.33 bits per heavy atom. The molecular weight excluding hydrogens is 436 g/mol. The van der Waals surface area contributed by atoms with Crippen LogP contribution in [0.4, 0.5) is 5.82 Å². The van der Waals surface area contributed by atoms with E-state index < -0.39 is 0 Å². The summed E-state index contributed by atoms with van der Waals surface area (Å²) in [4.78, 5) is 9.67. The lowest BCUT2D eigenvalue weighted by molar-refractivity contribution is 0.389. The number of hydrogen-bond donors (Lipinski definition) is 2. The molecule has 3 aromatic heterocycles. The van der Waals surface area contributed by atoms with Crippen LogP contribution in [0.5, 0.6) is 0 Å². The number of benzene rings is 1. The molecule has 0 amide bonds. The Hall–Kier alpha value is -3.23. The number of anilines is 1. The van der Waals surface area contributed by atoms with Gasteiger partial charge in [-0.3, -0.25) is 9.36 Å². The summed E-state index contributed by atoms with van der Waals surface area (Å²) in [6, 6.07) is 8.29. The zero-order valence-electron chi connectivity index (χ0n) is 18.9. The highest BCUT2D eigenvalue weighted by molar-refractivity contribution is 5.85. The fourth-order valence-electron chi connectivity index (χ4n) is 4.16. The highest BCUT2D eigenvalue weighted by Crippen LogP contribution is 2.30. The maximum atomic E-state index is 4.96. The fourth-order valence-corrected chi connectivity index (χ4v) is 4.16. The van der Waals surface area contributed by atoms with Crippen molar-refractivity contribution < 1.29 is 0 Å². The zero-order chi connectivity index (χ0) is 21.9. The Labute approximate surface area is 199 Å². The van der Waals surface area contributed by atoms with Crippen LogP contribution in [0.3, 0.4) is 0 Å². The van der Waals surface area contributed by atoms with Gasteiger partial charge in [0.25, 0.3) is 0 Å². The van der Waals surface area contributed by atoms with Crippen molar-refractivity contribution in [2.75, 3.05) is 25.0 Å². The lowest BCUT2D eigenvalue weighted by Gasteiger charge is -2.23. The Morgan fingerprint density at radius 2 is 1.64 bits per heavy atom. The normalized spacial score (nSPS) is 14.1. The third kappa shape index (κ3) is 5.23. The number of rotatable bonds is 6. The van der Waals surface area contributed by atoms with Crippen molar-refractivity contribution in [1.29, 1.82) is 0 Å². The van der Waals surface area contributed by atoms with Crippen LogP contribution in [-0.2, 0) is 14.1 Å². The van der Waals surface area contributed by atoms with Crippen LogP contribution in [0.1, 0.15) is 12.8 Å². The Balaban J connectivity index is 0.00000259. The lowest BCUT2D eigenvalue weighted by atomic mass is 9.98. The summed E-state index contributed by atoms with van der Waals surface area (Å²) in [6.45, 7) is 3.07. The van der Waals surface area contributed by atoms with Crippen LogP contribution in [0.2, 0.25) is 0 Å². The third-order valence-corrected chi connectivity index (χ3v) is 5.98. The van der Waals surface area contributed by atoms with Gasteiger partial charge in [-0.1, -0.05) is 18.2 Å². The van der Waals surface area contributed by atoms with Crippen LogP contribution in [0.25, 0.3) is 33.6 Å². The van der Waals surface area contributed by atoms with Gasteiger partial charge in [-0.05, 0) is 43.5 Å². The number of aromatic nitrogens is 6. The van der Waals surface area contributed by atoms with Crippen LogP contribution < -0.4 is 10.6 Å². The molecule has 8 nitrogen and oxygen atoms in total. The smallest absolute Gasteiger partial charge is 0.161 e. The van der Waals surface area contributed by atoms with E-state index in [-0.39, 0.29) is 12.4 Å². The topological polar surface area (TPSA) is 85.5 Å². The molecule has 0 unspecified atom stereocenters. The lowest BCUT2D eigenvalue weighted by Crippen LogP contribution is -2.31. The number of hydrogen-bond acceptors (Lipinski definition) is 6. The number of nitrogens with one attached hydrogen (secondary N) is 2. The first-order valence-corrected chi connectivity index (χ1v) is 11.1. The van der Waals surface area contributed by atoms with Crippen molar-refractivity contribution in [2.45, 2.75) is 12.8 Å². The maximum Gasteiger partial charge on any atom is 0.161 e. The van der Waals surface area contributed by atoms with Gasteiger partial charge in [0.05, 0.1) is 12.4 Å². The Kier molecular flexibility index (Phi) is 7.05. The van der Waals surface area contributed by atoms with Gasteiger partial charge in [0.2, 0.25) is 0 Å². The molecule has 0 saturated carbocycles. The molecule has 33 heavy (non-hydrogen) atoms. The standard InChI is InChI=1S/C24H28N8.ClH/c1-31-15-20(12-28-31)18-4-3-5-19(10-18)23-27-14-22(21-13-29-32(2)16-21)24(30-23)26-11-17-6-8-25-9-7-17;/h3-5,10,12-17,25H,6-9,11H2,1-2H3,(H,26,27,30);1H. The largest absolute Gasteiger partial charge is 0.369 e. The zero-order valence-corrected chi connectivity index (χ0v) is 19.7. The second kappa shape index (κ2) is 10.1. The van der Waals surface area contributed by atoms with Crippen LogP contribution in [-0.4, -0.2) is 49.2 Å². The number of nitrogens with zero attached hydrogens (tertiary/aromatic N) is 6. The van der Waals surface area contributed by atoms with Gasteiger partial charge in [0, 0.05) is 61.5 Å². The number of aryl methyl sites for hydroxylation is 2. The molecule has 1 saturated heterocycles. The van der Waals surface area contributed by atoms with Crippen molar-refractivity contribution in [3.8, 4) is 33.6 Å². The van der Waals surface area contributed by atoms with E-state index in [1.807, 2.05) is 55.8 Å². The minimum atomic E-state index is 0. The summed E-state index contributed by atoms with van der Waals surface area (Å²) < 4.78 is 3.61. The third-order valence-electron chi connectivity index (χ3n) is 5.98. The molecule has 4 aromatic rings. The molecule has 1 fully saturated rings. The van der Waals surface area contributed by atoms with E-state index in [1.54, 1.807) is 4.68 Å². The highest BCUT2D eigenvalue weighted by Gasteiger charge is 2.16. The van der Waals surface area contributed by atoms with Crippen LogP contribution in [0.15, 0.2) is 55.2 Å². The van der Waals surface area contributed by atoms with Crippen molar-refractivity contribution in [2.24, 2.45) is 20.0 Å². The Morgan fingerprint density at radius 1 is 0.939 bits per heavy atom. The molecule has 0 spiro atoms. The molecule has 172 valence electrons. The minimum Gasteiger partial charge on any atom is -0.369 e. The van der Waals surface area contributed by atoms with Gasteiger partial charge in [0.15, 0.2) is 5.82 Å². The minimum absolute atomic E-state index is 0. The van der Waals surface area contributed by atoms with E-state index in [9.17, 15) is 0 Å². The van der Waals surface area contributed by atoms with Crippen molar-refractivity contribution in [3.05, 3.63) is 55.2 Å². The first kappa shape index (κ1) is 22.9. The maximum absolute atomic E-state index is 4.96. The summed E-state index contributed by atoms with van der Waals surface area (Å²) in [6.07, 6.45) is 12.0. The second-order valence-corrected chi connectivity index (χ2v) is 8.42. The average Bonchev–Trinajstić information content (AvgIpc) is 3.46. The predicted molar refractivity (Wildman–Crippen MR) is 133 cm³/mol. The average molecular weight is 465 g/mol. The predicted octanol–water partition coefficient (Wildman–Crippen LogP) is 3.78. The van der Waals surface area contributed by atoms with E-state index in [2.05, 4.69) is 39.0 Å². The van der Waals surface area contributed by atoms with Gasteiger partial charge < -0.3 is 10.6 Å². The van der Waals surface area contributed by atoms with Crippen molar-refractivity contribution in [1.82, 2.24) is 34.8 Å². The second-order valence-electron chi connectivity index (χ2n) is 8.42. The highest BCUT2D eigenvalue weighted by atomic mass is 35.5. The molecule has 9 heteroatoms. The van der Waals surface area contributed by atoms with Gasteiger partial charge in [-0.25, -0.2) is 9.97 Å². The molecule has 5 rings (SSSR count). The van der Waals surface area contributed by atoms with Crippen molar-refractivity contribution in [3.63, 3.8) is 0 Å². The number of piperidine rings is 1. The van der Waals surface area contributed by atoms with Gasteiger partial charge >= 0.3 is 0 Å². The SMILES string of the molecule is Cl.Cn1cc(-c2cccc(-c3ncc(-c4cnn(C)c4)c(NCC4CCNCC4)n3)c2)cn1. The molecule has 1 aliphatic heterocycles. The summed E-state index contributed by atoms with van der Waals surface area (Å²) in [7, 11) is 3.85. The summed E-state index contributed by atoms with van der Waals surface area (Å²) in [5.74, 6) is 2.20. The quantitative estimate of drug-likeness (QED) is 0.451. The van der Waals surface area contributed by atoms with Crippen LogP contribution >= 0.6 is 12.4 Å². The number of halogens is 1. The fraction of sp³-hybridized carbons (Fsp3) is 0.333. The molecule has 0 bridgehead atoms. The van der Waals surface area contributed by atoms with Crippen molar-refractivity contribution >= 4 is 18.2 Å². The van der Waals surface area contributed by atoms with E-state index in [4.69, 9.17) is 9.97 Å². The van der Waals surface area contributed by atoms with E-state index in [1.165, 1.54) is 12.8 Å².